The number of aromatic nitrogens is 2. The Morgan fingerprint density at radius 1 is 1.60 bits per heavy atom. The SMILES string of the molecule is CN1CCC[C@@H]1c1cncc(C(=O)O)n1. The van der Waals surface area contributed by atoms with Crippen LogP contribution < -0.4 is 0 Å². The molecule has 0 aromatic carbocycles. The first-order valence-electron chi connectivity index (χ1n) is 4.94. The second-order valence-electron chi connectivity index (χ2n) is 3.77. The van der Waals surface area contributed by atoms with Crippen molar-refractivity contribution < 1.29 is 9.90 Å². The Bertz CT molecular complexity index is 381. The van der Waals surface area contributed by atoms with Crippen LogP contribution in [0.15, 0.2) is 12.4 Å². The molecule has 1 aromatic heterocycles. The maximum Gasteiger partial charge on any atom is 0.356 e. The molecule has 1 aliphatic heterocycles. The molecule has 2 rings (SSSR count). The topological polar surface area (TPSA) is 66.3 Å². The smallest absolute Gasteiger partial charge is 0.356 e. The lowest BCUT2D eigenvalue weighted by Gasteiger charge is -2.18. The highest BCUT2D eigenvalue weighted by Gasteiger charge is 2.24. The number of nitrogens with zero attached hydrogens (tertiary/aromatic N) is 3. The highest BCUT2D eigenvalue weighted by atomic mass is 16.4. The van der Waals surface area contributed by atoms with Gasteiger partial charge in [0, 0.05) is 0 Å². The van der Waals surface area contributed by atoms with Crippen LogP contribution >= 0.6 is 0 Å². The number of carboxylic acids is 1. The highest BCUT2D eigenvalue weighted by Crippen LogP contribution is 2.28. The average Bonchev–Trinajstić information content (AvgIpc) is 2.64. The van der Waals surface area contributed by atoms with Crippen LogP contribution in [-0.2, 0) is 0 Å². The molecule has 0 radical (unpaired) electrons. The first kappa shape index (κ1) is 10.0. The summed E-state index contributed by atoms with van der Waals surface area (Å²) in [6.07, 6.45) is 5.08. The third-order valence-electron chi connectivity index (χ3n) is 2.73. The summed E-state index contributed by atoms with van der Waals surface area (Å²) in [5.41, 5.74) is 0.780. The molecule has 0 amide bonds. The van der Waals surface area contributed by atoms with Crippen LogP contribution in [0.4, 0.5) is 0 Å². The van der Waals surface area contributed by atoms with E-state index < -0.39 is 5.97 Å². The number of carbonyl (C=O) groups is 1. The fraction of sp³-hybridized carbons (Fsp3) is 0.500. The van der Waals surface area contributed by atoms with E-state index in [2.05, 4.69) is 14.9 Å². The van der Waals surface area contributed by atoms with Crippen LogP contribution in [0, 0.1) is 0 Å². The molecule has 1 saturated heterocycles. The molecule has 1 aliphatic rings. The van der Waals surface area contributed by atoms with Gasteiger partial charge in [-0.3, -0.25) is 9.88 Å². The summed E-state index contributed by atoms with van der Waals surface area (Å²) >= 11 is 0. The fourth-order valence-corrected chi connectivity index (χ4v) is 1.93. The first-order chi connectivity index (χ1) is 7.18. The van der Waals surface area contributed by atoms with Gasteiger partial charge in [-0.15, -0.1) is 0 Å². The number of carboxylic acid groups (broad SMARTS) is 1. The van der Waals surface area contributed by atoms with Gasteiger partial charge in [0.25, 0.3) is 0 Å². The Morgan fingerprint density at radius 3 is 3.00 bits per heavy atom. The van der Waals surface area contributed by atoms with Gasteiger partial charge < -0.3 is 5.11 Å². The normalized spacial score (nSPS) is 21.8. The number of hydrogen-bond acceptors (Lipinski definition) is 4. The first-order valence-corrected chi connectivity index (χ1v) is 4.94. The molecule has 5 heteroatoms. The lowest BCUT2D eigenvalue weighted by atomic mass is 10.1. The molecule has 0 bridgehead atoms. The Labute approximate surface area is 87.8 Å². The molecule has 5 nitrogen and oxygen atoms in total. The van der Waals surface area contributed by atoms with Gasteiger partial charge in [-0.05, 0) is 26.4 Å². The maximum atomic E-state index is 10.7. The second-order valence-corrected chi connectivity index (χ2v) is 3.77. The van der Waals surface area contributed by atoms with E-state index in [1.54, 1.807) is 6.20 Å². The molecular weight excluding hydrogens is 194 g/mol. The summed E-state index contributed by atoms with van der Waals surface area (Å²) in [7, 11) is 2.02. The second kappa shape index (κ2) is 3.94. The lowest BCUT2D eigenvalue weighted by molar-refractivity contribution is 0.0689. The predicted octanol–water partition coefficient (Wildman–Crippen LogP) is 0.942. The van der Waals surface area contributed by atoms with Crippen molar-refractivity contribution >= 4 is 5.97 Å². The molecule has 0 aliphatic carbocycles. The van der Waals surface area contributed by atoms with Crippen molar-refractivity contribution in [2.75, 3.05) is 13.6 Å². The van der Waals surface area contributed by atoms with Gasteiger partial charge in [-0.1, -0.05) is 0 Å². The van der Waals surface area contributed by atoms with Gasteiger partial charge in [0.15, 0.2) is 5.69 Å². The molecule has 0 saturated carbocycles. The van der Waals surface area contributed by atoms with Crippen LogP contribution in [0.2, 0.25) is 0 Å². The molecule has 1 atom stereocenters. The van der Waals surface area contributed by atoms with Crippen molar-refractivity contribution in [2.45, 2.75) is 18.9 Å². The number of rotatable bonds is 2. The van der Waals surface area contributed by atoms with Gasteiger partial charge in [-0.25, -0.2) is 9.78 Å². The van der Waals surface area contributed by atoms with E-state index in [1.165, 1.54) is 6.20 Å². The van der Waals surface area contributed by atoms with E-state index in [4.69, 9.17) is 5.11 Å². The number of hydrogen-bond donors (Lipinski definition) is 1. The summed E-state index contributed by atoms with van der Waals surface area (Å²) in [5, 5.41) is 8.80. The zero-order valence-corrected chi connectivity index (χ0v) is 8.55. The maximum absolute atomic E-state index is 10.7. The third-order valence-corrected chi connectivity index (χ3v) is 2.73. The van der Waals surface area contributed by atoms with Gasteiger partial charge in [0.1, 0.15) is 0 Å². The van der Waals surface area contributed by atoms with Crippen LogP contribution in [0.25, 0.3) is 0 Å². The van der Waals surface area contributed by atoms with E-state index in [0.29, 0.717) is 0 Å². The van der Waals surface area contributed by atoms with E-state index in [9.17, 15) is 4.79 Å². The fourth-order valence-electron chi connectivity index (χ4n) is 1.93. The summed E-state index contributed by atoms with van der Waals surface area (Å²) < 4.78 is 0. The number of aromatic carboxylic acids is 1. The van der Waals surface area contributed by atoms with Gasteiger partial charge in [0.05, 0.1) is 24.1 Å². The monoisotopic (exact) mass is 207 g/mol. The summed E-state index contributed by atoms with van der Waals surface area (Å²) in [5.74, 6) is -1.02. The summed E-state index contributed by atoms with van der Waals surface area (Å²) in [6, 6.07) is 0.219. The molecule has 1 fully saturated rings. The minimum absolute atomic E-state index is 0.0211. The lowest BCUT2D eigenvalue weighted by Crippen LogP contribution is -2.19. The van der Waals surface area contributed by atoms with E-state index >= 15 is 0 Å². The molecule has 0 spiro atoms. The van der Waals surface area contributed by atoms with Crippen molar-refractivity contribution in [1.82, 2.24) is 14.9 Å². The zero-order valence-electron chi connectivity index (χ0n) is 8.55. The van der Waals surface area contributed by atoms with Crippen LogP contribution in [0.3, 0.4) is 0 Å². The molecule has 15 heavy (non-hydrogen) atoms. The molecular formula is C10H13N3O2. The Balaban J connectivity index is 2.28. The molecule has 0 unspecified atom stereocenters. The minimum Gasteiger partial charge on any atom is -0.476 e. The van der Waals surface area contributed by atoms with Gasteiger partial charge in [0.2, 0.25) is 0 Å². The van der Waals surface area contributed by atoms with Crippen molar-refractivity contribution in [3.63, 3.8) is 0 Å². The van der Waals surface area contributed by atoms with Crippen molar-refractivity contribution in [3.8, 4) is 0 Å². The Kier molecular flexibility index (Phi) is 2.64. The quantitative estimate of drug-likeness (QED) is 0.781. The predicted molar refractivity (Wildman–Crippen MR) is 53.6 cm³/mol. The summed E-state index contributed by atoms with van der Waals surface area (Å²) in [6.45, 7) is 1.03. The van der Waals surface area contributed by atoms with Crippen LogP contribution in [-0.4, -0.2) is 39.5 Å². The Morgan fingerprint density at radius 2 is 2.40 bits per heavy atom. The largest absolute Gasteiger partial charge is 0.476 e. The average molecular weight is 207 g/mol. The zero-order chi connectivity index (χ0) is 10.8. The molecule has 1 aromatic rings. The highest BCUT2D eigenvalue weighted by molar-refractivity contribution is 5.84. The van der Waals surface area contributed by atoms with E-state index in [-0.39, 0.29) is 11.7 Å². The van der Waals surface area contributed by atoms with Crippen molar-refractivity contribution in [3.05, 3.63) is 23.8 Å². The van der Waals surface area contributed by atoms with Crippen LogP contribution in [0.1, 0.15) is 35.1 Å². The van der Waals surface area contributed by atoms with Gasteiger partial charge >= 0.3 is 5.97 Å². The van der Waals surface area contributed by atoms with E-state index in [0.717, 1.165) is 25.1 Å². The standard InChI is InChI=1S/C10H13N3O2/c1-13-4-2-3-9(13)7-5-11-6-8(12-7)10(14)15/h5-6,9H,2-4H2,1H3,(H,14,15)/t9-/m1/s1. The third kappa shape index (κ3) is 1.97. The summed E-state index contributed by atoms with van der Waals surface area (Å²) in [4.78, 5) is 20.9. The molecule has 80 valence electrons. The van der Waals surface area contributed by atoms with Crippen molar-refractivity contribution in [2.24, 2.45) is 0 Å². The number of likely N-dealkylation sites (tertiary alicyclic amines) is 1. The Hall–Kier alpha value is -1.49. The van der Waals surface area contributed by atoms with E-state index in [1.807, 2.05) is 7.05 Å². The van der Waals surface area contributed by atoms with Gasteiger partial charge in [-0.2, -0.15) is 0 Å². The minimum atomic E-state index is -1.02. The molecule has 2 heterocycles. The van der Waals surface area contributed by atoms with Crippen LogP contribution in [0.5, 0.6) is 0 Å². The molecule has 1 N–H and O–H groups in total. The van der Waals surface area contributed by atoms with Crippen molar-refractivity contribution in [1.29, 1.82) is 0 Å².